The van der Waals surface area contributed by atoms with E-state index in [1.165, 1.54) is 6.07 Å². The first-order valence-electron chi connectivity index (χ1n) is 7.09. The highest BCUT2D eigenvalue weighted by Crippen LogP contribution is 2.35. The maximum absolute atomic E-state index is 13.8. The van der Waals surface area contributed by atoms with Crippen LogP contribution in [-0.2, 0) is 4.74 Å². The number of nitrogens with one attached hydrogen (secondary N) is 1. The summed E-state index contributed by atoms with van der Waals surface area (Å²) < 4.78 is 32.7. The van der Waals surface area contributed by atoms with Gasteiger partial charge in [-0.2, -0.15) is 0 Å². The molecule has 1 aliphatic heterocycles. The summed E-state index contributed by atoms with van der Waals surface area (Å²) in [6.07, 6.45) is 2.88. The van der Waals surface area contributed by atoms with Crippen LogP contribution >= 0.6 is 15.9 Å². The third kappa shape index (κ3) is 3.57. The second-order valence-corrected chi connectivity index (χ2v) is 5.94. The van der Waals surface area contributed by atoms with E-state index in [0.717, 1.165) is 44.6 Å². The second-order valence-electron chi connectivity index (χ2n) is 5.15. The fourth-order valence-electron chi connectivity index (χ4n) is 2.66. The molecule has 20 heavy (non-hydrogen) atoms. The highest BCUT2D eigenvalue weighted by molar-refractivity contribution is 9.10. The van der Waals surface area contributed by atoms with Crippen molar-refractivity contribution in [2.75, 3.05) is 19.8 Å². The Labute approximate surface area is 127 Å². The largest absolute Gasteiger partial charge is 0.381 e. The molecule has 0 bridgehead atoms. The van der Waals surface area contributed by atoms with Gasteiger partial charge in [0.25, 0.3) is 0 Å². The highest BCUT2D eigenvalue weighted by Gasteiger charge is 2.27. The number of benzene rings is 1. The minimum absolute atomic E-state index is 0.0309. The lowest BCUT2D eigenvalue weighted by molar-refractivity contribution is 0.0535. The average molecular weight is 348 g/mol. The summed E-state index contributed by atoms with van der Waals surface area (Å²) >= 11 is 3.20. The van der Waals surface area contributed by atoms with Gasteiger partial charge in [-0.3, -0.25) is 0 Å². The summed E-state index contributed by atoms with van der Waals surface area (Å²) in [6, 6.07) is 2.91. The molecule has 2 rings (SSSR count). The van der Waals surface area contributed by atoms with E-state index in [0.29, 0.717) is 5.92 Å². The van der Waals surface area contributed by atoms with Crippen LogP contribution in [0, 0.1) is 17.6 Å². The molecule has 1 heterocycles. The van der Waals surface area contributed by atoms with Crippen LogP contribution in [-0.4, -0.2) is 19.8 Å². The van der Waals surface area contributed by atoms with Gasteiger partial charge in [-0.15, -0.1) is 0 Å². The predicted molar refractivity (Wildman–Crippen MR) is 78.6 cm³/mol. The van der Waals surface area contributed by atoms with E-state index < -0.39 is 11.6 Å². The summed E-state index contributed by atoms with van der Waals surface area (Å²) in [5.74, 6) is -1.24. The number of ether oxygens (including phenoxy) is 1. The van der Waals surface area contributed by atoms with E-state index in [1.54, 1.807) is 6.07 Å². The van der Waals surface area contributed by atoms with Gasteiger partial charge in [0, 0.05) is 19.3 Å². The summed E-state index contributed by atoms with van der Waals surface area (Å²) in [5.41, 5.74) is 0.796. The molecule has 1 aromatic carbocycles. The Morgan fingerprint density at radius 2 is 2.05 bits per heavy atom. The van der Waals surface area contributed by atoms with E-state index in [4.69, 9.17) is 4.74 Å². The van der Waals surface area contributed by atoms with Crippen molar-refractivity contribution in [2.24, 2.45) is 5.92 Å². The number of rotatable bonds is 5. The van der Waals surface area contributed by atoms with Gasteiger partial charge in [-0.05, 0) is 59.3 Å². The van der Waals surface area contributed by atoms with E-state index in [1.807, 2.05) is 0 Å². The lowest BCUT2D eigenvalue weighted by atomic mass is 9.87. The average Bonchev–Trinajstić information content (AvgIpc) is 2.48. The molecule has 112 valence electrons. The van der Waals surface area contributed by atoms with Crippen molar-refractivity contribution in [1.82, 2.24) is 5.32 Å². The minimum Gasteiger partial charge on any atom is -0.381 e. The molecule has 2 nitrogen and oxygen atoms in total. The molecule has 1 aromatic rings. The van der Waals surface area contributed by atoms with E-state index in [9.17, 15) is 8.78 Å². The number of hydrogen-bond donors (Lipinski definition) is 1. The van der Waals surface area contributed by atoms with E-state index in [-0.39, 0.29) is 10.5 Å². The lowest BCUT2D eigenvalue weighted by Gasteiger charge is -2.32. The van der Waals surface area contributed by atoms with Crippen molar-refractivity contribution in [3.8, 4) is 0 Å². The molecular weight excluding hydrogens is 328 g/mol. The molecule has 0 aliphatic carbocycles. The molecule has 0 amide bonds. The fourth-order valence-corrected chi connectivity index (χ4v) is 3.23. The zero-order valence-electron chi connectivity index (χ0n) is 11.6. The summed E-state index contributed by atoms with van der Waals surface area (Å²) in [4.78, 5) is 0. The Kier molecular flexibility index (Phi) is 5.93. The van der Waals surface area contributed by atoms with Crippen LogP contribution in [0.3, 0.4) is 0 Å². The van der Waals surface area contributed by atoms with Crippen LogP contribution in [0.5, 0.6) is 0 Å². The Balaban J connectivity index is 2.27. The summed E-state index contributed by atoms with van der Waals surface area (Å²) in [6.45, 7) is 4.41. The van der Waals surface area contributed by atoms with Gasteiger partial charge in [0.1, 0.15) is 0 Å². The number of halogens is 3. The molecule has 0 radical (unpaired) electrons. The van der Waals surface area contributed by atoms with Gasteiger partial charge >= 0.3 is 0 Å². The molecule has 1 fully saturated rings. The molecular formula is C15H20BrF2NO. The third-order valence-electron chi connectivity index (χ3n) is 3.75. The first-order valence-corrected chi connectivity index (χ1v) is 7.89. The van der Waals surface area contributed by atoms with Gasteiger partial charge in [-0.1, -0.05) is 13.0 Å². The Morgan fingerprint density at radius 3 is 2.70 bits per heavy atom. The standard InChI is InChI=1S/C15H20BrF2NO/c1-2-7-19-15(10-5-8-20-9-6-10)11-3-4-12(17)14(18)13(11)16/h3-4,10,15,19H,2,5-9H2,1H3. The maximum Gasteiger partial charge on any atom is 0.173 e. The lowest BCUT2D eigenvalue weighted by Crippen LogP contribution is -2.33. The molecule has 1 saturated heterocycles. The van der Waals surface area contributed by atoms with Gasteiger partial charge in [0.05, 0.1) is 4.47 Å². The van der Waals surface area contributed by atoms with Crippen molar-refractivity contribution in [3.63, 3.8) is 0 Å². The van der Waals surface area contributed by atoms with E-state index in [2.05, 4.69) is 28.2 Å². The van der Waals surface area contributed by atoms with Crippen LogP contribution in [0.15, 0.2) is 16.6 Å². The first-order chi connectivity index (χ1) is 9.65. The summed E-state index contributed by atoms with van der Waals surface area (Å²) in [7, 11) is 0. The Hall–Kier alpha value is -0.520. The van der Waals surface area contributed by atoms with Crippen LogP contribution in [0.1, 0.15) is 37.8 Å². The van der Waals surface area contributed by atoms with Crippen LogP contribution in [0.2, 0.25) is 0 Å². The predicted octanol–water partition coefficient (Wildman–Crippen LogP) is 4.19. The Morgan fingerprint density at radius 1 is 1.35 bits per heavy atom. The number of hydrogen-bond acceptors (Lipinski definition) is 2. The molecule has 0 spiro atoms. The zero-order valence-corrected chi connectivity index (χ0v) is 13.2. The van der Waals surface area contributed by atoms with Crippen molar-refractivity contribution in [1.29, 1.82) is 0 Å². The second kappa shape index (κ2) is 7.48. The van der Waals surface area contributed by atoms with Crippen molar-refractivity contribution >= 4 is 15.9 Å². The smallest absolute Gasteiger partial charge is 0.173 e. The molecule has 1 aliphatic rings. The highest BCUT2D eigenvalue weighted by atomic mass is 79.9. The third-order valence-corrected chi connectivity index (χ3v) is 4.56. The maximum atomic E-state index is 13.8. The Bertz CT molecular complexity index is 450. The van der Waals surface area contributed by atoms with E-state index >= 15 is 0 Å². The van der Waals surface area contributed by atoms with Crippen LogP contribution in [0.4, 0.5) is 8.78 Å². The molecule has 5 heteroatoms. The van der Waals surface area contributed by atoms with Gasteiger partial charge in [-0.25, -0.2) is 8.78 Å². The van der Waals surface area contributed by atoms with Gasteiger partial charge < -0.3 is 10.1 Å². The van der Waals surface area contributed by atoms with Crippen LogP contribution < -0.4 is 5.32 Å². The van der Waals surface area contributed by atoms with Crippen molar-refractivity contribution in [3.05, 3.63) is 33.8 Å². The van der Waals surface area contributed by atoms with Crippen molar-refractivity contribution in [2.45, 2.75) is 32.2 Å². The molecule has 1 N–H and O–H groups in total. The topological polar surface area (TPSA) is 21.3 Å². The van der Waals surface area contributed by atoms with Crippen molar-refractivity contribution < 1.29 is 13.5 Å². The zero-order chi connectivity index (χ0) is 14.5. The summed E-state index contributed by atoms with van der Waals surface area (Å²) in [5, 5.41) is 3.47. The molecule has 0 saturated carbocycles. The minimum atomic E-state index is -0.818. The molecule has 1 atom stereocenters. The van der Waals surface area contributed by atoms with Crippen LogP contribution in [0.25, 0.3) is 0 Å². The SMILES string of the molecule is CCCNC(c1ccc(F)c(F)c1Br)C1CCOCC1. The first kappa shape index (κ1) is 15.9. The monoisotopic (exact) mass is 347 g/mol. The molecule has 0 aromatic heterocycles. The fraction of sp³-hybridized carbons (Fsp3) is 0.600. The normalized spacial score (nSPS) is 18.2. The van der Waals surface area contributed by atoms with Gasteiger partial charge in [0.2, 0.25) is 0 Å². The quantitative estimate of drug-likeness (QED) is 0.806. The van der Waals surface area contributed by atoms with Gasteiger partial charge in [0.15, 0.2) is 11.6 Å². The molecule has 1 unspecified atom stereocenters.